The van der Waals surface area contributed by atoms with Gasteiger partial charge in [0.2, 0.25) is 21.7 Å². The fourth-order valence-corrected chi connectivity index (χ4v) is 17.9. The molecule has 4 aliphatic heterocycles. The summed E-state index contributed by atoms with van der Waals surface area (Å²) >= 11 is 0. The molecule has 0 amide bonds. The van der Waals surface area contributed by atoms with E-state index in [9.17, 15) is 34.4 Å². The van der Waals surface area contributed by atoms with E-state index >= 15 is 0 Å². The van der Waals surface area contributed by atoms with Crippen molar-refractivity contribution >= 4 is 116 Å². The Morgan fingerprint density at radius 3 is 1.51 bits per heavy atom. The average Bonchev–Trinajstić information content (AvgIpc) is 1.50. The van der Waals surface area contributed by atoms with Gasteiger partial charge in [-0.2, -0.15) is 10.2 Å². The van der Waals surface area contributed by atoms with Crippen molar-refractivity contribution in [2.45, 2.75) is 217 Å². The number of sulfonamides is 1. The van der Waals surface area contributed by atoms with Crippen molar-refractivity contribution in [3.8, 4) is 17.1 Å². The molecular weight excluding hydrogens is 1700 g/mol. The summed E-state index contributed by atoms with van der Waals surface area (Å²) in [7, 11) is -12.2. The zero-order valence-corrected chi connectivity index (χ0v) is 81.3. The van der Waals surface area contributed by atoms with Gasteiger partial charge in [-0.05, 0) is 230 Å². The number of benzene rings is 8. The summed E-state index contributed by atoms with van der Waals surface area (Å²) < 4.78 is 99.2. The van der Waals surface area contributed by atoms with Crippen LogP contribution in [0.4, 0.5) is 51.2 Å². The molecule has 692 valence electrons. The molecule has 32 heteroatoms. The Labute approximate surface area is 767 Å². The van der Waals surface area contributed by atoms with Crippen molar-refractivity contribution in [3.05, 3.63) is 232 Å². The first kappa shape index (κ1) is 98.8. The van der Waals surface area contributed by atoms with Gasteiger partial charge < -0.3 is 29.0 Å². The van der Waals surface area contributed by atoms with E-state index in [0.29, 0.717) is 53.4 Å². The number of ether oxygens (including phenoxy) is 1. The number of para-hydroxylation sites is 4. The second-order valence-electron chi connectivity index (χ2n) is 37.4. The van der Waals surface area contributed by atoms with Crippen LogP contribution in [0.2, 0.25) is 0 Å². The lowest BCUT2D eigenvalue weighted by atomic mass is 9.79. The number of nitrogens with zero attached hydrogens (tertiary/aromatic N) is 12. The minimum atomic E-state index is -4.58. The van der Waals surface area contributed by atoms with Gasteiger partial charge in [0, 0.05) is 75.8 Å². The first-order valence-corrected chi connectivity index (χ1v) is 49.0. The molecule has 0 radical (unpaired) electrons. The van der Waals surface area contributed by atoms with E-state index < -0.39 is 36.0 Å². The molecule has 0 saturated heterocycles. The molecule has 3 atom stereocenters. The Hall–Kier alpha value is -11.8. The van der Waals surface area contributed by atoms with Crippen LogP contribution in [0.25, 0.3) is 11.4 Å². The highest BCUT2D eigenvalue weighted by Crippen LogP contribution is 2.48. The van der Waals surface area contributed by atoms with Crippen molar-refractivity contribution in [1.29, 1.82) is 0 Å². The highest BCUT2D eigenvalue weighted by Gasteiger charge is 2.41. The number of anilines is 5. The van der Waals surface area contributed by atoms with Crippen molar-refractivity contribution in [1.82, 2.24) is 34.5 Å². The maximum absolute atomic E-state index is 11.6. The SMILES string of the molecule is CCCCCCN1c2cc(C)c(N=C3C(C(C)(C)C)=Nn4nc(-c5cccc(NCOc6cccc(S(=O)(=O)[O-])c6)c5)nc43)cc2C(C)CC1(C)C.Cc1cc2c(cc1N=C1C(C(C)(C)C)=Nn3nc(C(C)CNS(C)(=O)=O)nc31)C(C)CC(C)(C)N2CCCS(=O)(=O)[O-].Cc1ccccc1NC(N)=[NH+]c1ccccc1C.Cc1ccccc1NC(N)=[NH+]c1ccccc1C. The molecule has 0 saturated carbocycles. The van der Waals surface area contributed by atoms with E-state index in [1.807, 2.05) is 163 Å². The van der Waals surface area contributed by atoms with Gasteiger partial charge in [0.15, 0.2) is 18.4 Å². The number of nitrogens with one attached hydrogen (secondary N) is 6. The van der Waals surface area contributed by atoms with E-state index in [-0.39, 0.29) is 64.1 Å². The maximum Gasteiger partial charge on any atom is 0.351 e. The topological polar surface area (TPSA) is 403 Å². The van der Waals surface area contributed by atoms with Crippen molar-refractivity contribution in [2.75, 3.05) is 64.1 Å². The lowest BCUT2D eigenvalue weighted by Crippen LogP contribution is -2.72. The molecule has 0 spiro atoms. The van der Waals surface area contributed by atoms with Gasteiger partial charge in [0.1, 0.15) is 50.0 Å². The number of aryl methyl sites for hydroxylation is 6. The molecule has 10 N–H and O–H groups in total. The van der Waals surface area contributed by atoms with Crippen LogP contribution in [0.15, 0.2) is 195 Å². The van der Waals surface area contributed by atoms with Crippen molar-refractivity contribution in [2.24, 2.45) is 42.5 Å². The lowest BCUT2D eigenvalue weighted by molar-refractivity contribution is -0.356. The number of aromatic nitrogens is 6. The van der Waals surface area contributed by atoms with E-state index in [1.165, 1.54) is 59.9 Å². The fraction of sp³-hybridized carbons (Fsp3) is 0.408. The molecule has 10 aromatic rings. The largest absolute Gasteiger partial charge is 0.748 e. The number of aliphatic imine (C=N–C) groups is 2. The van der Waals surface area contributed by atoms with Crippen LogP contribution in [-0.4, -0.2) is 148 Å². The summed E-state index contributed by atoms with van der Waals surface area (Å²) in [5.74, 6) is 3.36. The molecular formula is C98H128N20O9S3. The summed E-state index contributed by atoms with van der Waals surface area (Å²) in [4.78, 5) is 34.0. The molecule has 2 aromatic heterocycles. The molecule has 0 aliphatic carbocycles. The quantitative estimate of drug-likeness (QED) is 0.00866. The van der Waals surface area contributed by atoms with Crippen LogP contribution in [0.3, 0.4) is 0 Å². The summed E-state index contributed by atoms with van der Waals surface area (Å²) in [6.07, 6.45) is 8.25. The third-order valence-corrected chi connectivity index (χ3v) is 25.6. The first-order chi connectivity index (χ1) is 61.0. The van der Waals surface area contributed by atoms with Gasteiger partial charge in [0.05, 0.1) is 44.1 Å². The number of rotatable bonds is 25. The number of fused-ring (bicyclic) bond motifs is 4. The smallest absolute Gasteiger partial charge is 0.351 e. The van der Waals surface area contributed by atoms with E-state index in [0.717, 1.165) is 133 Å². The molecule has 6 heterocycles. The standard InChI is InChI=1S/C40H51N7O4S.C28H43N7O5S2.2C15H17N3/c1-9-10-11-12-19-46-34-20-26(2)33(23-32(34)27(3)24-40(46,7)8)42-35-36(39(4,5)6)44-47-38(35)43-37(45-47)28-15-13-16-29(21-28)41-25-51-30-17-14-18-31(22-30)52(48,49)50;1-17-13-22-20(18(2)15-28(7,8)34(22)11-10-12-42(38,39)40)14-21(17)30-23-24(27(4,5)6)32-35-26(23)31-25(33-35)19(3)16-29-41(9,36)37;2*1-11-7-3-5-9-13(11)17-15(16)18-14-10-6-4-8-12(14)2/h13-18,20-23,27,41H,9-12,19,24-25H2,1-8H3,(H,48,49,50);13-14,18-19,29H,10-12,15-16H2,1-9H3,(H,38,39,40);2*3-10H,1-2H3,(H3,16,17,18). The second kappa shape index (κ2) is 41.1. The number of hydrogen-bond acceptors (Lipinski definition) is 20. The Bertz CT molecular complexity index is 6230. The third-order valence-electron chi connectivity index (χ3n) is 23.2. The maximum atomic E-state index is 11.6. The molecule has 4 aliphatic rings. The summed E-state index contributed by atoms with van der Waals surface area (Å²) in [6.45, 7) is 44.2. The minimum Gasteiger partial charge on any atom is -0.748 e. The summed E-state index contributed by atoms with van der Waals surface area (Å²) in [5, 5.41) is 28.5. The van der Waals surface area contributed by atoms with Gasteiger partial charge in [-0.25, -0.2) is 70.5 Å². The van der Waals surface area contributed by atoms with Crippen molar-refractivity contribution < 1.29 is 49.1 Å². The second-order valence-corrected chi connectivity index (χ2v) is 42.2. The minimum absolute atomic E-state index is 0.0435. The fourth-order valence-electron chi connectivity index (χ4n) is 16.3. The molecule has 14 rings (SSSR count). The Morgan fingerprint density at radius 2 is 1.04 bits per heavy atom. The van der Waals surface area contributed by atoms with Crippen LogP contribution in [0.1, 0.15) is 222 Å². The van der Waals surface area contributed by atoms with E-state index in [2.05, 4.69) is 167 Å². The van der Waals surface area contributed by atoms with E-state index in [1.54, 1.807) is 10.9 Å². The predicted octanol–water partition coefficient (Wildman–Crippen LogP) is 15.2. The van der Waals surface area contributed by atoms with Gasteiger partial charge in [0.25, 0.3) is 0 Å². The van der Waals surface area contributed by atoms with Crippen molar-refractivity contribution in [3.63, 3.8) is 0 Å². The summed E-state index contributed by atoms with van der Waals surface area (Å²) in [6, 6.07) is 54.0. The average molecular weight is 1830 g/mol. The predicted molar refractivity (Wildman–Crippen MR) is 523 cm³/mol. The molecule has 0 fully saturated rings. The zero-order chi connectivity index (χ0) is 94.8. The van der Waals surface area contributed by atoms with Gasteiger partial charge in [-0.15, -0.1) is 19.8 Å². The Balaban J connectivity index is 0.000000184. The number of guanidine groups is 2. The zero-order valence-electron chi connectivity index (χ0n) is 78.8. The highest BCUT2D eigenvalue weighted by atomic mass is 32.2. The molecule has 0 bridgehead atoms. The van der Waals surface area contributed by atoms with Gasteiger partial charge >= 0.3 is 11.9 Å². The van der Waals surface area contributed by atoms with Crippen LogP contribution < -0.4 is 56.7 Å². The molecule has 3 unspecified atom stereocenters. The highest BCUT2D eigenvalue weighted by molar-refractivity contribution is 7.88. The monoisotopic (exact) mass is 1820 g/mol. The van der Waals surface area contributed by atoms with Gasteiger partial charge in [-0.3, -0.25) is 11.5 Å². The number of hydrogen-bond donors (Lipinski definition) is 8. The Morgan fingerprint density at radius 1 is 0.569 bits per heavy atom. The lowest BCUT2D eigenvalue weighted by Gasteiger charge is -2.48. The van der Waals surface area contributed by atoms with Crippen LogP contribution in [-0.2, 0) is 30.3 Å². The molecule has 8 aromatic carbocycles. The van der Waals surface area contributed by atoms with Crippen LogP contribution >= 0.6 is 0 Å². The van der Waals surface area contributed by atoms with E-state index in [4.69, 9.17) is 51.5 Å². The van der Waals surface area contributed by atoms with Crippen LogP contribution in [0, 0.1) is 52.4 Å². The molecule has 130 heavy (non-hydrogen) atoms. The number of unbranched alkanes of at least 4 members (excludes halogenated alkanes) is 3. The summed E-state index contributed by atoms with van der Waals surface area (Å²) in [5.41, 5.74) is 32.8. The Kier molecular flexibility index (Phi) is 31.2. The normalized spacial score (nSPS) is 16.8. The van der Waals surface area contributed by atoms with Crippen LogP contribution in [0.5, 0.6) is 5.75 Å². The number of nitrogens with two attached hydrogens (primary N) is 2. The third kappa shape index (κ3) is 25.6. The molecule has 29 nitrogen and oxygen atoms in total. The first-order valence-electron chi connectivity index (χ1n) is 44.2. The van der Waals surface area contributed by atoms with Gasteiger partial charge in [-0.1, -0.05) is 179 Å².